The van der Waals surface area contributed by atoms with Gasteiger partial charge in [0.15, 0.2) is 5.52 Å². The Morgan fingerprint density at radius 2 is 1.95 bits per heavy atom. The molecule has 0 aliphatic carbocycles. The molecule has 22 heavy (non-hydrogen) atoms. The molecule has 3 aromatic rings. The molecule has 0 amide bonds. The van der Waals surface area contributed by atoms with Gasteiger partial charge < -0.3 is 9.72 Å². The van der Waals surface area contributed by atoms with Gasteiger partial charge in [-0.25, -0.2) is 9.78 Å². The van der Waals surface area contributed by atoms with Crippen molar-refractivity contribution in [3.05, 3.63) is 58.1 Å². The fourth-order valence-electron chi connectivity index (χ4n) is 2.18. The lowest BCUT2D eigenvalue weighted by atomic mass is 10.1. The smallest absolute Gasteiger partial charge is 0.337 e. The molecule has 1 heterocycles. The predicted molar refractivity (Wildman–Crippen MR) is 79.5 cm³/mol. The number of hydrogen-bond acceptors (Lipinski definition) is 5. The van der Waals surface area contributed by atoms with Crippen molar-refractivity contribution < 1.29 is 14.5 Å². The maximum Gasteiger partial charge on any atom is 0.337 e. The van der Waals surface area contributed by atoms with Gasteiger partial charge in [0.25, 0.3) is 5.69 Å². The second-order valence-corrected chi connectivity index (χ2v) is 4.58. The van der Waals surface area contributed by atoms with Crippen LogP contribution in [0.5, 0.6) is 0 Å². The van der Waals surface area contributed by atoms with Crippen molar-refractivity contribution in [1.29, 1.82) is 0 Å². The van der Waals surface area contributed by atoms with Crippen LogP contribution in [-0.4, -0.2) is 28.0 Å². The van der Waals surface area contributed by atoms with E-state index in [1.165, 1.54) is 13.2 Å². The van der Waals surface area contributed by atoms with Crippen LogP contribution in [0.1, 0.15) is 10.4 Å². The van der Waals surface area contributed by atoms with Crippen molar-refractivity contribution in [1.82, 2.24) is 9.97 Å². The van der Waals surface area contributed by atoms with Crippen LogP contribution in [0.15, 0.2) is 42.5 Å². The molecule has 0 aliphatic rings. The molecule has 110 valence electrons. The highest BCUT2D eigenvalue weighted by Crippen LogP contribution is 2.27. The maximum atomic E-state index is 11.4. The largest absolute Gasteiger partial charge is 0.465 e. The molecule has 1 aromatic heterocycles. The number of hydrogen-bond donors (Lipinski definition) is 1. The first-order valence-electron chi connectivity index (χ1n) is 6.42. The number of benzene rings is 2. The van der Waals surface area contributed by atoms with Gasteiger partial charge in [0.05, 0.1) is 23.1 Å². The number of H-pyrrole nitrogens is 1. The molecule has 1 N–H and O–H groups in total. The molecule has 0 atom stereocenters. The number of carbonyl (C=O) groups is 1. The summed E-state index contributed by atoms with van der Waals surface area (Å²) in [6.45, 7) is 0. The molecule has 7 nitrogen and oxygen atoms in total. The van der Waals surface area contributed by atoms with E-state index in [0.29, 0.717) is 22.4 Å². The Morgan fingerprint density at radius 1 is 1.23 bits per heavy atom. The summed E-state index contributed by atoms with van der Waals surface area (Å²) in [6, 6.07) is 11.4. The number of imidazole rings is 1. The Labute approximate surface area is 124 Å². The average molecular weight is 297 g/mol. The number of aromatic nitrogens is 2. The molecule has 0 radical (unpaired) electrons. The summed E-state index contributed by atoms with van der Waals surface area (Å²) in [5.74, 6) is 0.0764. The third-order valence-electron chi connectivity index (χ3n) is 3.27. The first-order valence-corrected chi connectivity index (χ1v) is 6.42. The molecule has 0 saturated heterocycles. The average Bonchev–Trinajstić information content (AvgIpc) is 2.98. The highest BCUT2D eigenvalue weighted by molar-refractivity contribution is 5.90. The predicted octanol–water partition coefficient (Wildman–Crippen LogP) is 2.92. The number of rotatable bonds is 3. The Hall–Kier alpha value is -3.22. The lowest BCUT2D eigenvalue weighted by molar-refractivity contribution is -0.383. The zero-order chi connectivity index (χ0) is 15.7. The van der Waals surface area contributed by atoms with Gasteiger partial charge in [-0.05, 0) is 18.2 Å². The van der Waals surface area contributed by atoms with Crippen LogP contribution in [0.2, 0.25) is 0 Å². The van der Waals surface area contributed by atoms with Gasteiger partial charge in [0.1, 0.15) is 5.82 Å². The van der Waals surface area contributed by atoms with E-state index in [0.717, 1.165) is 5.56 Å². The maximum absolute atomic E-state index is 11.4. The lowest BCUT2D eigenvalue weighted by Crippen LogP contribution is -2.00. The number of esters is 1. The molecular formula is C15H11N3O4. The van der Waals surface area contributed by atoms with E-state index in [4.69, 9.17) is 0 Å². The molecule has 2 aromatic carbocycles. The molecule has 0 fully saturated rings. The van der Waals surface area contributed by atoms with E-state index in [1.807, 2.05) is 0 Å². The molecule has 7 heteroatoms. The van der Waals surface area contributed by atoms with E-state index in [-0.39, 0.29) is 5.69 Å². The molecule has 0 bridgehead atoms. The molecule has 0 aliphatic heterocycles. The van der Waals surface area contributed by atoms with Crippen LogP contribution in [-0.2, 0) is 4.74 Å². The summed E-state index contributed by atoms with van der Waals surface area (Å²) in [6.07, 6.45) is 0. The Morgan fingerprint density at radius 3 is 2.59 bits per heavy atom. The van der Waals surface area contributed by atoms with Crippen LogP contribution >= 0.6 is 0 Å². The summed E-state index contributed by atoms with van der Waals surface area (Å²) in [5, 5.41) is 11.0. The van der Waals surface area contributed by atoms with Gasteiger partial charge >= 0.3 is 5.97 Å². The fourth-order valence-corrected chi connectivity index (χ4v) is 2.18. The van der Waals surface area contributed by atoms with Gasteiger partial charge in [0.2, 0.25) is 0 Å². The second-order valence-electron chi connectivity index (χ2n) is 4.58. The number of fused-ring (bicyclic) bond motifs is 1. The summed E-state index contributed by atoms with van der Waals surface area (Å²) in [7, 11) is 1.31. The van der Waals surface area contributed by atoms with Gasteiger partial charge in [-0.15, -0.1) is 0 Å². The van der Waals surface area contributed by atoms with Crippen molar-refractivity contribution in [2.45, 2.75) is 0 Å². The number of nitro groups is 1. The Kier molecular flexibility index (Phi) is 3.30. The van der Waals surface area contributed by atoms with Crippen LogP contribution in [0.3, 0.4) is 0 Å². The molecule has 0 saturated carbocycles. The van der Waals surface area contributed by atoms with Crippen molar-refractivity contribution >= 4 is 22.7 Å². The van der Waals surface area contributed by atoms with E-state index in [2.05, 4.69) is 14.7 Å². The standard InChI is InChI=1S/C15H11N3O4/c1-22-15(19)10-7-5-9(6-8-10)14-16-11-3-2-4-12(18(20)21)13(11)17-14/h2-8H,1H3,(H,16,17). The molecule has 3 rings (SSSR count). The topological polar surface area (TPSA) is 98.1 Å². The van der Waals surface area contributed by atoms with E-state index >= 15 is 0 Å². The zero-order valence-corrected chi connectivity index (χ0v) is 11.6. The van der Waals surface area contributed by atoms with Gasteiger partial charge in [-0.1, -0.05) is 18.2 Å². The fraction of sp³-hybridized carbons (Fsp3) is 0.0667. The number of methoxy groups -OCH3 is 1. The zero-order valence-electron chi connectivity index (χ0n) is 11.6. The van der Waals surface area contributed by atoms with Crippen molar-refractivity contribution in [3.63, 3.8) is 0 Å². The Balaban J connectivity index is 2.05. The highest BCUT2D eigenvalue weighted by atomic mass is 16.6. The summed E-state index contributed by atoms with van der Waals surface area (Å²) in [4.78, 5) is 29.3. The Bertz CT molecular complexity index is 868. The number of carbonyl (C=O) groups excluding carboxylic acids is 1. The number of non-ortho nitro benzene ring substituents is 1. The van der Waals surface area contributed by atoms with Crippen molar-refractivity contribution in [2.24, 2.45) is 0 Å². The SMILES string of the molecule is COC(=O)c1ccc(-c2nc3c([N+](=O)[O-])cccc3[nH]2)cc1. The van der Waals surface area contributed by atoms with Crippen LogP contribution < -0.4 is 0 Å². The second kappa shape index (κ2) is 5.28. The number of nitro benzene ring substituents is 1. The van der Waals surface area contributed by atoms with Gasteiger partial charge in [-0.3, -0.25) is 10.1 Å². The third kappa shape index (κ3) is 2.28. The lowest BCUT2D eigenvalue weighted by Gasteiger charge is -2.00. The quantitative estimate of drug-likeness (QED) is 0.455. The monoisotopic (exact) mass is 297 g/mol. The van der Waals surface area contributed by atoms with E-state index in [1.54, 1.807) is 36.4 Å². The number of aromatic amines is 1. The number of nitrogens with zero attached hydrogens (tertiary/aromatic N) is 2. The van der Waals surface area contributed by atoms with Crippen molar-refractivity contribution in [2.75, 3.05) is 7.11 Å². The first kappa shape index (κ1) is 13.7. The minimum atomic E-state index is -0.465. The van der Waals surface area contributed by atoms with Gasteiger partial charge in [0, 0.05) is 11.6 Å². The van der Waals surface area contributed by atoms with E-state index < -0.39 is 10.9 Å². The number of para-hydroxylation sites is 1. The minimum absolute atomic E-state index is 0.0498. The molecule has 0 spiro atoms. The van der Waals surface area contributed by atoms with Crippen LogP contribution in [0.4, 0.5) is 5.69 Å². The third-order valence-corrected chi connectivity index (χ3v) is 3.27. The summed E-state index contributed by atoms with van der Waals surface area (Å²) >= 11 is 0. The number of nitrogens with one attached hydrogen (secondary N) is 1. The number of ether oxygens (including phenoxy) is 1. The van der Waals surface area contributed by atoms with E-state index in [9.17, 15) is 14.9 Å². The van der Waals surface area contributed by atoms with Crippen LogP contribution in [0, 0.1) is 10.1 Å². The first-order chi connectivity index (χ1) is 10.6. The molecule has 0 unspecified atom stereocenters. The minimum Gasteiger partial charge on any atom is -0.465 e. The summed E-state index contributed by atoms with van der Waals surface area (Å²) in [5.41, 5.74) is 1.98. The van der Waals surface area contributed by atoms with Crippen molar-refractivity contribution in [3.8, 4) is 11.4 Å². The normalized spacial score (nSPS) is 10.6. The highest BCUT2D eigenvalue weighted by Gasteiger charge is 2.16. The summed E-state index contributed by atoms with van der Waals surface area (Å²) < 4.78 is 4.63. The molecular weight excluding hydrogens is 286 g/mol. The van der Waals surface area contributed by atoms with Crippen LogP contribution in [0.25, 0.3) is 22.4 Å². The van der Waals surface area contributed by atoms with Gasteiger partial charge in [-0.2, -0.15) is 0 Å².